The second-order valence-electron chi connectivity index (χ2n) is 4.49. The number of hydrazine groups is 1. The van der Waals surface area contributed by atoms with Crippen LogP contribution in [0.15, 0.2) is 24.3 Å². The van der Waals surface area contributed by atoms with Crippen LogP contribution in [0.5, 0.6) is 0 Å². The third-order valence-electron chi connectivity index (χ3n) is 3.17. The van der Waals surface area contributed by atoms with Gasteiger partial charge >= 0.3 is 0 Å². The summed E-state index contributed by atoms with van der Waals surface area (Å²) in [5, 5.41) is 3.39. The molecule has 0 spiro atoms. The highest BCUT2D eigenvalue weighted by Crippen LogP contribution is 2.26. The average Bonchev–Trinajstić information content (AvgIpc) is 2.78. The second kappa shape index (κ2) is 6.10. The van der Waals surface area contributed by atoms with E-state index in [1.54, 1.807) is 6.07 Å². The molecule has 1 heterocycles. The number of nitrogens with one attached hydrogen (secondary N) is 3. The van der Waals surface area contributed by atoms with Crippen LogP contribution < -0.4 is 16.2 Å². The van der Waals surface area contributed by atoms with Crippen LogP contribution in [0.4, 0.5) is 4.39 Å². The number of hydrogen-bond acceptors (Lipinski definition) is 3. The molecule has 3 nitrogen and oxygen atoms in total. The van der Waals surface area contributed by atoms with Gasteiger partial charge in [0, 0.05) is 24.6 Å². The highest BCUT2D eigenvalue weighted by molar-refractivity contribution is 5.22. The molecule has 2 rings (SSSR count). The molecule has 1 aromatic carbocycles. The van der Waals surface area contributed by atoms with Crippen LogP contribution in [0.3, 0.4) is 0 Å². The van der Waals surface area contributed by atoms with E-state index in [1.807, 2.05) is 12.1 Å². The summed E-state index contributed by atoms with van der Waals surface area (Å²) in [6.45, 7) is 4.94. The molecular weight excluding hydrogens is 217 g/mol. The van der Waals surface area contributed by atoms with Gasteiger partial charge in [0.25, 0.3) is 0 Å². The number of rotatable bonds is 5. The van der Waals surface area contributed by atoms with Gasteiger partial charge in [0.1, 0.15) is 5.82 Å². The van der Waals surface area contributed by atoms with Crippen molar-refractivity contribution in [3.05, 3.63) is 35.6 Å². The Labute approximate surface area is 102 Å². The van der Waals surface area contributed by atoms with Gasteiger partial charge in [0.15, 0.2) is 0 Å². The molecule has 1 aliphatic heterocycles. The van der Waals surface area contributed by atoms with Gasteiger partial charge in [-0.1, -0.05) is 25.1 Å². The predicted molar refractivity (Wildman–Crippen MR) is 66.9 cm³/mol. The fourth-order valence-corrected chi connectivity index (χ4v) is 2.25. The van der Waals surface area contributed by atoms with Crippen molar-refractivity contribution < 1.29 is 4.39 Å². The van der Waals surface area contributed by atoms with Gasteiger partial charge in [0.05, 0.1) is 6.04 Å². The molecule has 0 aromatic heterocycles. The van der Waals surface area contributed by atoms with Crippen LogP contribution in [0.1, 0.15) is 24.9 Å². The molecule has 1 aromatic rings. The lowest BCUT2D eigenvalue weighted by atomic mass is 9.94. The Kier molecular flexibility index (Phi) is 4.48. The van der Waals surface area contributed by atoms with Crippen LogP contribution in [0.2, 0.25) is 0 Å². The maximum absolute atomic E-state index is 13.7. The smallest absolute Gasteiger partial charge is 0.128 e. The van der Waals surface area contributed by atoms with Crippen LogP contribution in [0.25, 0.3) is 0 Å². The zero-order valence-corrected chi connectivity index (χ0v) is 10.2. The molecule has 0 aliphatic carbocycles. The van der Waals surface area contributed by atoms with Gasteiger partial charge in [-0.25, -0.2) is 9.82 Å². The first-order chi connectivity index (χ1) is 8.33. The lowest BCUT2D eigenvalue weighted by Crippen LogP contribution is -2.29. The summed E-state index contributed by atoms with van der Waals surface area (Å²) in [6, 6.07) is 7.04. The molecule has 1 aliphatic rings. The third-order valence-corrected chi connectivity index (χ3v) is 3.17. The molecular formula is C13H20FN3. The Bertz CT molecular complexity index is 356. The standard InChI is InChI=1S/C13H20FN3/c1-2-7-15-8-10-9-16-17-13(10)11-5-3-4-6-12(11)14/h3-6,10,13,15-17H,2,7-9H2,1H3. The molecule has 0 radical (unpaired) electrons. The normalized spacial score (nSPS) is 24.1. The summed E-state index contributed by atoms with van der Waals surface area (Å²) in [5.74, 6) is 0.257. The van der Waals surface area contributed by atoms with Crippen molar-refractivity contribution in [1.29, 1.82) is 0 Å². The highest BCUT2D eigenvalue weighted by atomic mass is 19.1. The van der Waals surface area contributed by atoms with E-state index in [1.165, 1.54) is 6.07 Å². The first-order valence-corrected chi connectivity index (χ1v) is 6.26. The Balaban J connectivity index is 2.02. The molecule has 94 valence electrons. The number of halogens is 1. The summed E-state index contributed by atoms with van der Waals surface area (Å²) in [4.78, 5) is 0. The van der Waals surface area contributed by atoms with E-state index in [0.717, 1.165) is 31.6 Å². The number of benzene rings is 1. The van der Waals surface area contributed by atoms with Crippen LogP contribution in [-0.2, 0) is 0 Å². The van der Waals surface area contributed by atoms with Gasteiger partial charge in [0.2, 0.25) is 0 Å². The van der Waals surface area contributed by atoms with E-state index in [2.05, 4.69) is 23.1 Å². The summed E-state index contributed by atoms with van der Waals surface area (Å²) >= 11 is 0. The summed E-state index contributed by atoms with van der Waals surface area (Å²) < 4.78 is 13.7. The monoisotopic (exact) mass is 237 g/mol. The first-order valence-electron chi connectivity index (χ1n) is 6.26. The van der Waals surface area contributed by atoms with Crippen LogP contribution in [-0.4, -0.2) is 19.6 Å². The van der Waals surface area contributed by atoms with E-state index in [9.17, 15) is 4.39 Å². The van der Waals surface area contributed by atoms with Crippen molar-refractivity contribution >= 4 is 0 Å². The molecule has 0 amide bonds. The molecule has 2 unspecified atom stereocenters. The van der Waals surface area contributed by atoms with E-state index in [0.29, 0.717) is 5.92 Å². The summed E-state index contributed by atoms with van der Waals surface area (Å²) in [6.07, 6.45) is 1.12. The maximum Gasteiger partial charge on any atom is 0.128 e. The fraction of sp³-hybridized carbons (Fsp3) is 0.538. The average molecular weight is 237 g/mol. The Morgan fingerprint density at radius 3 is 3.00 bits per heavy atom. The quantitative estimate of drug-likeness (QED) is 0.681. The van der Waals surface area contributed by atoms with E-state index < -0.39 is 0 Å². The van der Waals surface area contributed by atoms with Crippen LogP contribution in [0, 0.1) is 11.7 Å². The summed E-state index contributed by atoms with van der Waals surface area (Å²) in [7, 11) is 0. The highest BCUT2D eigenvalue weighted by Gasteiger charge is 2.29. The van der Waals surface area contributed by atoms with Crippen LogP contribution >= 0.6 is 0 Å². The zero-order valence-electron chi connectivity index (χ0n) is 10.2. The van der Waals surface area contributed by atoms with Crippen molar-refractivity contribution in [2.75, 3.05) is 19.6 Å². The lowest BCUT2D eigenvalue weighted by Gasteiger charge is -2.19. The summed E-state index contributed by atoms with van der Waals surface area (Å²) in [5.41, 5.74) is 7.03. The molecule has 1 fully saturated rings. The number of hydrogen-bond donors (Lipinski definition) is 3. The Morgan fingerprint density at radius 1 is 1.41 bits per heavy atom. The van der Waals surface area contributed by atoms with Gasteiger partial charge in [-0.3, -0.25) is 5.43 Å². The lowest BCUT2D eigenvalue weighted by molar-refractivity contribution is 0.427. The molecule has 4 heteroatoms. The van der Waals surface area contributed by atoms with E-state index >= 15 is 0 Å². The van der Waals surface area contributed by atoms with Gasteiger partial charge in [-0.15, -0.1) is 0 Å². The molecule has 1 saturated heterocycles. The fourth-order valence-electron chi connectivity index (χ4n) is 2.25. The molecule has 0 saturated carbocycles. The van der Waals surface area contributed by atoms with Crippen molar-refractivity contribution in [3.8, 4) is 0 Å². The SMILES string of the molecule is CCCNCC1CNNC1c1ccccc1F. The largest absolute Gasteiger partial charge is 0.316 e. The zero-order chi connectivity index (χ0) is 12.1. The predicted octanol–water partition coefficient (Wildman–Crippen LogP) is 1.59. The van der Waals surface area contributed by atoms with Crippen molar-refractivity contribution in [2.45, 2.75) is 19.4 Å². The second-order valence-corrected chi connectivity index (χ2v) is 4.49. The van der Waals surface area contributed by atoms with Crippen molar-refractivity contribution in [3.63, 3.8) is 0 Å². The third kappa shape index (κ3) is 3.03. The molecule has 17 heavy (non-hydrogen) atoms. The first kappa shape index (κ1) is 12.5. The van der Waals surface area contributed by atoms with E-state index in [-0.39, 0.29) is 11.9 Å². The Hall–Kier alpha value is -0.970. The minimum atomic E-state index is -0.130. The maximum atomic E-state index is 13.7. The minimum Gasteiger partial charge on any atom is -0.316 e. The topological polar surface area (TPSA) is 36.1 Å². The molecule has 2 atom stereocenters. The van der Waals surface area contributed by atoms with E-state index in [4.69, 9.17) is 0 Å². The van der Waals surface area contributed by atoms with Crippen molar-refractivity contribution in [2.24, 2.45) is 5.92 Å². The van der Waals surface area contributed by atoms with Gasteiger partial charge in [-0.05, 0) is 19.0 Å². The van der Waals surface area contributed by atoms with Gasteiger partial charge in [-0.2, -0.15) is 0 Å². The Morgan fingerprint density at radius 2 is 2.24 bits per heavy atom. The molecule has 3 N–H and O–H groups in total. The minimum absolute atomic E-state index is 0.0561. The van der Waals surface area contributed by atoms with Crippen molar-refractivity contribution in [1.82, 2.24) is 16.2 Å². The molecule has 0 bridgehead atoms. The van der Waals surface area contributed by atoms with Gasteiger partial charge < -0.3 is 5.32 Å².